The molecule has 4 aromatic rings. The minimum Gasteiger partial charge on any atom is -0.332 e. The van der Waals surface area contributed by atoms with Gasteiger partial charge >= 0.3 is 0 Å². The lowest BCUT2D eigenvalue weighted by Crippen LogP contribution is -2.37. The first-order valence-corrected chi connectivity index (χ1v) is 11.3. The van der Waals surface area contributed by atoms with E-state index in [1.165, 1.54) is 12.1 Å². The van der Waals surface area contributed by atoms with Gasteiger partial charge in [-0.05, 0) is 63.3 Å². The van der Waals surface area contributed by atoms with Gasteiger partial charge in [-0.15, -0.1) is 0 Å². The number of benzene rings is 2. The second-order valence-corrected chi connectivity index (χ2v) is 8.97. The predicted molar refractivity (Wildman–Crippen MR) is 133 cm³/mol. The standard InChI is InChI=1S/C27H30FN5O/c1-18-8-6-7-9-23(18)26-21(15-20-10-11-22(28)16-24(20)29-26)17-33(13-12-31(3)4)27(34)25-14-19(2)30-32(25)5/h6-11,14-16H,12-13,17H2,1-5H3. The van der Waals surface area contributed by atoms with Crippen molar-refractivity contribution in [3.8, 4) is 11.3 Å². The van der Waals surface area contributed by atoms with Crippen molar-refractivity contribution in [2.75, 3.05) is 27.2 Å². The van der Waals surface area contributed by atoms with Gasteiger partial charge in [-0.1, -0.05) is 24.3 Å². The van der Waals surface area contributed by atoms with E-state index >= 15 is 0 Å². The topological polar surface area (TPSA) is 54.3 Å². The zero-order chi connectivity index (χ0) is 24.4. The van der Waals surface area contributed by atoms with Crippen molar-refractivity contribution in [2.24, 2.45) is 7.05 Å². The van der Waals surface area contributed by atoms with Crippen molar-refractivity contribution < 1.29 is 9.18 Å². The minimum absolute atomic E-state index is 0.0834. The molecular formula is C27H30FN5O. The van der Waals surface area contributed by atoms with Crippen LogP contribution in [0, 0.1) is 19.7 Å². The Bertz CT molecular complexity index is 1340. The average Bonchev–Trinajstić information content (AvgIpc) is 3.13. The Morgan fingerprint density at radius 3 is 2.47 bits per heavy atom. The molecule has 0 unspecified atom stereocenters. The molecule has 0 N–H and O–H groups in total. The molecular weight excluding hydrogens is 429 g/mol. The summed E-state index contributed by atoms with van der Waals surface area (Å²) in [4.78, 5) is 22.4. The molecule has 7 heteroatoms. The zero-order valence-electron chi connectivity index (χ0n) is 20.3. The molecule has 0 fully saturated rings. The van der Waals surface area contributed by atoms with Gasteiger partial charge in [0.2, 0.25) is 0 Å². The quantitative estimate of drug-likeness (QED) is 0.406. The fraction of sp³-hybridized carbons (Fsp3) is 0.296. The number of hydrogen-bond acceptors (Lipinski definition) is 4. The van der Waals surface area contributed by atoms with Crippen LogP contribution in [0.4, 0.5) is 4.39 Å². The predicted octanol–water partition coefficient (Wildman–Crippen LogP) is 4.60. The summed E-state index contributed by atoms with van der Waals surface area (Å²) in [5, 5.41) is 5.19. The van der Waals surface area contributed by atoms with Gasteiger partial charge in [0.05, 0.1) is 16.9 Å². The molecule has 1 amide bonds. The van der Waals surface area contributed by atoms with Crippen molar-refractivity contribution >= 4 is 16.8 Å². The van der Waals surface area contributed by atoms with Gasteiger partial charge < -0.3 is 9.80 Å². The zero-order valence-corrected chi connectivity index (χ0v) is 20.3. The highest BCUT2D eigenvalue weighted by Gasteiger charge is 2.22. The van der Waals surface area contributed by atoms with E-state index in [2.05, 4.69) is 10.00 Å². The van der Waals surface area contributed by atoms with Gasteiger partial charge in [0, 0.05) is 43.7 Å². The number of pyridine rings is 1. The third kappa shape index (κ3) is 4.99. The van der Waals surface area contributed by atoms with E-state index in [1.807, 2.05) is 69.2 Å². The largest absolute Gasteiger partial charge is 0.332 e. The van der Waals surface area contributed by atoms with Crippen molar-refractivity contribution in [1.29, 1.82) is 0 Å². The van der Waals surface area contributed by atoms with Crippen LogP contribution in [0.5, 0.6) is 0 Å². The SMILES string of the molecule is Cc1cc(C(=O)N(CCN(C)C)Cc2cc3ccc(F)cc3nc2-c2ccccc2C)n(C)n1. The number of amides is 1. The van der Waals surface area contributed by atoms with E-state index in [9.17, 15) is 9.18 Å². The van der Waals surface area contributed by atoms with Crippen LogP contribution in [-0.2, 0) is 13.6 Å². The summed E-state index contributed by atoms with van der Waals surface area (Å²) in [6.07, 6.45) is 0. The van der Waals surface area contributed by atoms with Crippen molar-refractivity contribution in [1.82, 2.24) is 24.6 Å². The highest BCUT2D eigenvalue weighted by atomic mass is 19.1. The Morgan fingerprint density at radius 1 is 1.03 bits per heavy atom. The molecule has 0 radical (unpaired) electrons. The first-order chi connectivity index (χ1) is 16.2. The maximum atomic E-state index is 14.0. The smallest absolute Gasteiger partial charge is 0.272 e. The van der Waals surface area contributed by atoms with Crippen molar-refractivity contribution in [3.63, 3.8) is 0 Å². The molecule has 0 aliphatic carbocycles. The van der Waals surface area contributed by atoms with Crippen LogP contribution in [0.2, 0.25) is 0 Å². The Kier molecular flexibility index (Phi) is 6.75. The number of likely N-dealkylation sites (N-methyl/N-ethyl adjacent to an activating group) is 1. The highest BCUT2D eigenvalue weighted by molar-refractivity contribution is 5.93. The van der Waals surface area contributed by atoms with Gasteiger partial charge in [0.15, 0.2) is 0 Å². The lowest BCUT2D eigenvalue weighted by molar-refractivity contribution is 0.0721. The second kappa shape index (κ2) is 9.73. The van der Waals surface area contributed by atoms with E-state index in [-0.39, 0.29) is 11.7 Å². The van der Waals surface area contributed by atoms with E-state index in [0.29, 0.717) is 30.8 Å². The lowest BCUT2D eigenvalue weighted by atomic mass is 9.99. The summed E-state index contributed by atoms with van der Waals surface area (Å²) < 4.78 is 15.6. The van der Waals surface area contributed by atoms with Crippen molar-refractivity contribution in [3.05, 3.63) is 82.9 Å². The maximum Gasteiger partial charge on any atom is 0.272 e. The maximum absolute atomic E-state index is 14.0. The van der Waals surface area contributed by atoms with Gasteiger partial charge in [0.1, 0.15) is 11.5 Å². The first kappa shape index (κ1) is 23.6. The summed E-state index contributed by atoms with van der Waals surface area (Å²) in [6.45, 7) is 5.55. The number of carbonyl (C=O) groups excluding carboxylic acids is 1. The molecule has 2 aromatic carbocycles. The first-order valence-electron chi connectivity index (χ1n) is 11.3. The molecule has 0 spiro atoms. The van der Waals surface area contributed by atoms with Crippen LogP contribution in [0.1, 0.15) is 27.3 Å². The minimum atomic E-state index is -0.321. The number of halogens is 1. The second-order valence-electron chi connectivity index (χ2n) is 8.97. The molecule has 0 aliphatic rings. The van der Waals surface area contributed by atoms with Crippen LogP contribution in [0.3, 0.4) is 0 Å². The third-order valence-corrected chi connectivity index (χ3v) is 5.95. The molecule has 34 heavy (non-hydrogen) atoms. The molecule has 2 heterocycles. The lowest BCUT2D eigenvalue weighted by Gasteiger charge is -2.26. The number of nitrogens with zero attached hydrogens (tertiary/aromatic N) is 5. The van der Waals surface area contributed by atoms with E-state index in [4.69, 9.17) is 4.98 Å². The van der Waals surface area contributed by atoms with E-state index in [1.54, 1.807) is 17.8 Å². The molecule has 2 aromatic heterocycles. The summed E-state index contributed by atoms with van der Waals surface area (Å²) in [7, 11) is 5.76. The molecule has 6 nitrogen and oxygen atoms in total. The van der Waals surface area contributed by atoms with Crippen LogP contribution in [0.25, 0.3) is 22.2 Å². The van der Waals surface area contributed by atoms with Gasteiger partial charge in [0.25, 0.3) is 5.91 Å². The summed E-state index contributed by atoms with van der Waals surface area (Å²) in [5.41, 5.74) is 5.66. The molecule has 0 atom stereocenters. The normalized spacial score (nSPS) is 11.4. The van der Waals surface area contributed by atoms with Crippen LogP contribution >= 0.6 is 0 Å². The Balaban J connectivity index is 1.82. The fourth-order valence-electron chi connectivity index (χ4n) is 4.13. The molecule has 0 saturated carbocycles. The Morgan fingerprint density at radius 2 is 1.79 bits per heavy atom. The number of carbonyl (C=O) groups is 1. The molecule has 0 saturated heterocycles. The van der Waals surface area contributed by atoms with E-state index in [0.717, 1.165) is 33.5 Å². The molecule has 4 rings (SSSR count). The monoisotopic (exact) mass is 459 g/mol. The Hall–Kier alpha value is -3.58. The molecule has 176 valence electrons. The molecule has 0 aliphatic heterocycles. The van der Waals surface area contributed by atoms with Gasteiger partial charge in [-0.2, -0.15) is 5.10 Å². The van der Waals surface area contributed by atoms with Crippen molar-refractivity contribution in [2.45, 2.75) is 20.4 Å². The number of hydrogen-bond donors (Lipinski definition) is 0. The average molecular weight is 460 g/mol. The van der Waals surface area contributed by atoms with Gasteiger partial charge in [-0.25, -0.2) is 9.37 Å². The van der Waals surface area contributed by atoms with Gasteiger partial charge in [-0.3, -0.25) is 9.48 Å². The number of aryl methyl sites for hydroxylation is 3. The molecule has 0 bridgehead atoms. The fourth-order valence-corrected chi connectivity index (χ4v) is 4.13. The summed E-state index contributed by atoms with van der Waals surface area (Å²) >= 11 is 0. The summed E-state index contributed by atoms with van der Waals surface area (Å²) in [6, 6.07) is 16.5. The van der Waals surface area contributed by atoms with Crippen LogP contribution in [0.15, 0.2) is 54.6 Å². The third-order valence-electron chi connectivity index (χ3n) is 5.95. The highest BCUT2D eigenvalue weighted by Crippen LogP contribution is 2.30. The number of rotatable bonds is 7. The Labute approximate surface area is 199 Å². The summed E-state index contributed by atoms with van der Waals surface area (Å²) in [5.74, 6) is -0.405. The van der Waals surface area contributed by atoms with Crippen LogP contribution in [-0.4, -0.2) is 57.7 Å². The number of aromatic nitrogens is 3. The van der Waals surface area contributed by atoms with Crippen LogP contribution < -0.4 is 0 Å². The van der Waals surface area contributed by atoms with E-state index < -0.39 is 0 Å². The number of fused-ring (bicyclic) bond motifs is 1.